The summed E-state index contributed by atoms with van der Waals surface area (Å²) in [7, 11) is 0. The molecule has 0 aromatic carbocycles. The molecule has 0 radical (unpaired) electrons. The second-order valence-corrected chi connectivity index (χ2v) is 3.95. The summed E-state index contributed by atoms with van der Waals surface area (Å²) in [6.45, 7) is 0. The summed E-state index contributed by atoms with van der Waals surface area (Å²) < 4.78 is 0. The molecule has 0 saturated heterocycles. The quantitative estimate of drug-likeness (QED) is 0.825. The Kier molecular flexibility index (Phi) is 3.59. The van der Waals surface area contributed by atoms with Gasteiger partial charge in [-0.2, -0.15) is 0 Å². The van der Waals surface area contributed by atoms with Crippen LogP contribution in [0.3, 0.4) is 0 Å². The van der Waals surface area contributed by atoms with E-state index in [0.29, 0.717) is 0 Å². The molecule has 2 heterocycles. The number of carbonyl (C=O) groups is 1. The summed E-state index contributed by atoms with van der Waals surface area (Å²) in [5.74, 6) is -0.547. The molecular formula is C10H6Cl2N4O2. The molecule has 0 atom stereocenters. The Morgan fingerprint density at radius 2 is 2.06 bits per heavy atom. The van der Waals surface area contributed by atoms with E-state index < -0.39 is 5.91 Å². The van der Waals surface area contributed by atoms with E-state index >= 15 is 0 Å². The summed E-state index contributed by atoms with van der Waals surface area (Å²) in [5.41, 5.74) is 0.167. The number of aromatic nitrogens is 3. The van der Waals surface area contributed by atoms with Crippen LogP contribution in [-0.2, 0) is 0 Å². The van der Waals surface area contributed by atoms with Gasteiger partial charge in [-0.3, -0.25) is 9.78 Å². The number of rotatable bonds is 2. The van der Waals surface area contributed by atoms with Crippen LogP contribution in [0.4, 0.5) is 5.82 Å². The monoisotopic (exact) mass is 284 g/mol. The van der Waals surface area contributed by atoms with Gasteiger partial charge >= 0.3 is 0 Å². The van der Waals surface area contributed by atoms with Crippen molar-refractivity contribution in [2.75, 3.05) is 5.32 Å². The van der Waals surface area contributed by atoms with Gasteiger partial charge in [0.25, 0.3) is 5.91 Å². The highest BCUT2D eigenvalue weighted by Gasteiger charge is 2.12. The first-order valence-electron chi connectivity index (χ1n) is 4.69. The predicted molar refractivity (Wildman–Crippen MR) is 65.9 cm³/mol. The van der Waals surface area contributed by atoms with Crippen molar-refractivity contribution in [1.82, 2.24) is 15.0 Å². The molecule has 0 unspecified atom stereocenters. The van der Waals surface area contributed by atoms with Crippen LogP contribution in [0.25, 0.3) is 0 Å². The Labute approximate surface area is 112 Å². The Morgan fingerprint density at radius 3 is 2.78 bits per heavy atom. The van der Waals surface area contributed by atoms with Gasteiger partial charge in [0.1, 0.15) is 17.1 Å². The lowest BCUT2D eigenvalue weighted by atomic mass is 10.2. The fourth-order valence-corrected chi connectivity index (χ4v) is 1.45. The summed E-state index contributed by atoms with van der Waals surface area (Å²) in [5, 5.41) is 11.7. The third-order valence-corrected chi connectivity index (χ3v) is 2.71. The van der Waals surface area contributed by atoms with Crippen LogP contribution in [0.5, 0.6) is 5.75 Å². The molecule has 8 heteroatoms. The maximum absolute atomic E-state index is 11.8. The third-order valence-electron chi connectivity index (χ3n) is 1.96. The molecule has 2 aromatic rings. The first kappa shape index (κ1) is 12.5. The number of halogens is 2. The van der Waals surface area contributed by atoms with Crippen LogP contribution in [0, 0.1) is 0 Å². The predicted octanol–water partition coefficient (Wildman–Crippen LogP) is 2.14. The molecule has 0 spiro atoms. The molecule has 1 amide bonds. The number of hydrogen-bond donors (Lipinski definition) is 2. The van der Waals surface area contributed by atoms with Crippen molar-refractivity contribution in [1.29, 1.82) is 0 Å². The zero-order valence-electron chi connectivity index (χ0n) is 8.76. The molecule has 0 aliphatic carbocycles. The third kappa shape index (κ3) is 2.66. The maximum Gasteiger partial charge on any atom is 0.258 e. The van der Waals surface area contributed by atoms with Gasteiger partial charge in [-0.15, -0.1) is 0 Å². The van der Waals surface area contributed by atoms with Gasteiger partial charge in [-0.1, -0.05) is 23.2 Å². The van der Waals surface area contributed by atoms with E-state index in [0.717, 1.165) is 0 Å². The van der Waals surface area contributed by atoms with Crippen LogP contribution in [0.1, 0.15) is 10.4 Å². The molecule has 2 rings (SSSR count). The normalized spacial score (nSPS) is 10.1. The number of nitrogens with zero attached hydrogens (tertiary/aromatic N) is 3. The van der Waals surface area contributed by atoms with Crippen molar-refractivity contribution in [2.24, 2.45) is 0 Å². The second kappa shape index (κ2) is 5.16. The van der Waals surface area contributed by atoms with Crippen molar-refractivity contribution in [3.8, 4) is 5.75 Å². The standard InChI is InChI=1S/C10H6Cl2N4O2/c11-7-8(12)14-4-15-9(7)16-10(18)5-1-6(17)3-13-2-5/h1-4,17H,(H,14,15,16,18). The number of nitrogens with one attached hydrogen (secondary N) is 1. The Morgan fingerprint density at radius 1 is 1.28 bits per heavy atom. The van der Waals surface area contributed by atoms with E-state index in [1.807, 2.05) is 0 Å². The minimum absolute atomic E-state index is 0.0380. The second-order valence-electron chi connectivity index (χ2n) is 3.21. The summed E-state index contributed by atoms with van der Waals surface area (Å²) >= 11 is 11.5. The van der Waals surface area contributed by atoms with Gasteiger partial charge in [-0.05, 0) is 6.07 Å². The number of aromatic hydroxyl groups is 1. The van der Waals surface area contributed by atoms with E-state index in [2.05, 4.69) is 20.3 Å². The van der Waals surface area contributed by atoms with Crippen molar-refractivity contribution in [2.45, 2.75) is 0 Å². The van der Waals surface area contributed by atoms with Gasteiger partial charge in [-0.25, -0.2) is 9.97 Å². The van der Waals surface area contributed by atoms with Gasteiger partial charge in [0.2, 0.25) is 0 Å². The highest BCUT2D eigenvalue weighted by Crippen LogP contribution is 2.25. The molecule has 18 heavy (non-hydrogen) atoms. The van der Waals surface area contributed by atoms with Crippen LogP contribution in [0.2, 0.25) is 10.2 Å². The zero-order chi connectivity index (χ0) is 13.1. The lowest BCUT2D eigenvalue weighted by molar-refractivity contribution is 0.102. The fourth-order valence-electron chi connectivity index (χ4n) is 1.17. The van der Waals surface area contributed by atoms with Gasteiger partial charge < -0.3 is 10.4 Å². The van der Waals surface area contributed by atoms with Crippen LogP contribution >= 0.6 is 23.2 Å². The Hall–Kier alpha value is -1.92. The molecule has 6 nitrogen and oxygen atoms in total. The molecule has 0 fully saturated rings. The molecule has 0 saturated carbocycles. The zero-order valence-corrected chi connectivity index (χ0v) is 10.3. The Balaban J connectivity index is 2.24. The first-order valence-corrected chi connectivity index (χ1v) is 5.45. The van der Waals surface area contributed by atoms with Gasteiger partial charge in [0.15, 0.2) is 11.0 Å². The molecule has 2 N–H and O–H groups in total. The summed E-state index contributed by atoms with van der Waals surface area (Å²) in [6.07, 6.45) is 3.68. The van der Waals surface area contributed by atoms with Crippen molar-refractivity contribution in [3.05, 3.63) is 40.5 Å². The largest absolute Gasteiger partial charge is 0.506 e. The van der Waals surface area contributed by atoms with Gasteiger partial charge in [0, 0.05) is 6.20 Å². The maximum atomic E-state index is 11.8. The van der Waals surface area contributed by atoms with E-state index in [-0.39, 0.29) is 27.3 Å². The van der Waals surface area contributed by atoms with Crippen LogP contribution in [-0.4, -0.2) is 26.0 Å². The summed E-state index contributed by atoms with van der Waals surface area (Å²) in [4.78, 5) is 22.9. The highest BCUT2D eigenvalue weighted by molar-refractivity contribution is 6.43. The SMILES string of the molecule is O=C(Nc1ncnc(Cl)c1Cl)c1cncc(O)c1. The molecule has 92 valence electrons. The lowest BCUT2D eigenvalue weighted by Crippen LogP contribution is -2.13. The molecule has 2 aromatic heterocycles. The lowest BCUT2D eigenvalue weighted by Gasteiger charge is -2.06. The fraction of sp³-hybridized carbons (Fsp3) is 0. The van der Waals surface area contributed by atoms with Crippen molar-refractivity contribution < 1.29 is 9.90 Å². The number of amides is 1. The highest BCUT2D eigenvalue weighted by atomic mass is 35.5. The average Bonchev–Trinajstić information content (AvgIpc) is 2.35. The van der Waals surface area contributed by atoms with E-state index in [4.69, 9.17) is 23.2 Å². The number of hydrogen-bond acceptors (Lipinski definition) is 5. The average molecular weight is 285 g/mol. The number of pyridine rings is 1. The van der Waals surface area contributed by atoms with Crippen molar-refractivity contribution >= 4 is 34.9 Å². The molecule has 0 bridgehead atoms. The van der Waals surface area contributed by atoms with Crippen molar-refractivity contribution in [3.63, 3.8) is 0 Å². The number of carbonyl (C=O) groups excluding carboxylic acids is 1. The smallest absolute Gasteiger partial charge is 0.258 e. The topological polar surface area (TPSA) is 88.0 Å². The van der Waals surface area contributed by atoms with E-state index in [1.54, 1.807) is 0 Å². The molecular weight excluding hydrogens is 279 g/mol. The first-order chi connectivity index (χ1) is 8.58. The van der Waals surface area contributed by atoms with E-state index in [1.165, 1.54) is 24.8 Å². The minimum atomic E-state index is -0.518. The minimum Gasteiger partial charge on any atom is -0.506 e. The summed E-state index contributed by atoms with van der Waals surface area (Å²) in [6, 6.07) is 1.26. The van der Waals surface area contributed by atoms with Crippen LogP contribution in [0.15, 0.2) is 24.8 Å². The van der Waals surface area contributed by atoms with E-state index in [9.17, 15) is 9.90 Å². The molecule has 0 aliphatic rings. The Bertz CT molecular complexity index is 606. The van der Waals surface area contributed by atoms with Gasteiger partial charge in [0.05, 0.1) is 11.8 Å². The number of anilines is 1. The molecule has 0 aliphatic heterocycles. The van der Waals surface area contributed by atoms with Crippen LogP contribution < -0.4 is 5.32 Å².